The van der Waals surface area contributed by atoms with E-state index in [0.717, 1.165) is 17.7 Å². The van der Waals surface area contributed by atoms with Crippen molar-refractivity contribution in [2.45, 2.75) is 44.9 Å². The molecule has 1 heterocycles. The number of likely N-dealkylation sites (tertiary alicyclic amines) is 1. The molecule has 0 aromatic rings. The largest absolute Gasteiger partial charge is 0.303 e. The average Bonchev–Trinajstić information content (AvgIpc) is 2.68. The van der Waals surface area contributed by atoms with E-state index < -0.39 is 0 Å². The molecule has 2 aliphatic rings. The predicted octanol–water partition coefficient (Wildman–Crippen LogP) is 3.52. The lowest BCUT2D eigenvalue weighted by atomic mass is 9.89. The molecule has 0 spiro atoms. The van der Waals surface area contributed by atoms with Gasteiger partial charge in [-0.3, -0.25) is 0 Å². The minimum Gasteiger partial charge on any atom is -0.303 e. The summed E-state index contributed by atoms with van der Waals surface area (Å²) >= 11 is 5.80. The van der Waals surface area contributed by atoms with E-state index in [1.54, 1.807) is 0 Å². The number of rotatable bonds is 4. The highest BCUT2D eigenvalue weighted by atomic mass is 35.5. The number of hydrogen-bond donors (Lipinski definition) is 0. The first-order valence-electron chi connectivity index (χ1n) is 6.67. The van der Waals surface area contributed by atoms with Crippen molar-refractivity contribution in [3.8, 4) is 0 Å². The standard InChI is InChI=1S/C13H24ClN/c14-8-6-13-7-9-15(11-13)10-12-4-2-1-3-5-12/h12-13H,1-11H2. The summed E-state index contributed by atoms with van der Waals surface area (Å²) in [6, 6.07) is 0. The molecule has 0 aromatic heterocycles. The van der Waals surface area contributed by atoms with Gasteiger partial charge in [-0.2, -0.15) is 0 Å². The zero-order valence-electron chi connectivity index (χ0n) is 9.76. The summed E-state index contributed by atoms with van der Waals surface area (Å²) in [4.78, 5) is 2.69. The first-order valence-corrected chi connectivity index (χ1v) is 7.20. The van der Waals surface area contributed by atoms with E-state index in [0.29, 0.717) is 0 Å². The van der Waals surface area contributed by atoms with Crippen LogP contribution in [0.15, 0.2) is 0 Å². The lowest BCUT2D eigenvalue weighted by molar-refractivity contribution is 0.227. The van der Waals surface area contributed by atoms with Gasteiger partial charge in [0.2, 0.25) is 0 Å². The number of hydrogen-bond acceptors (Lipinski definition) is 1. The zero-order valence-corrected chi connectivity index (χ0v) is 10.5. The van der Waals surface area contributed by atoms with Crippen molar-refractivity contribution >= 4 is 11.6 Å². The van der Waals surface area contributed by atoms with Crippen LogP contribution in [0.2, 0.25) is 0 Å². The van der Waals surface area contributed by atoms with Crippen LogP contribution in [-0.4, -0.2) is 30.4 Å². The fraction of sp³-hybridized carbons (Fsp3) is 1.00. The van der Waals surface area contributed by atoms with E-state index in [4.69, 9.17) is 11.6 Å². The lowest BCUT2D eigenvalue weighted by Crippen LogP contribution is -2.28. The van der Waals surface area contributed by atoms with Crippen molar-refractivity contribution in [3.63, 3.8) is 0 Å². The molecule has 0 bridgehead atoms. The summed E-state index contributed by atoms with van der Waals surface area (Å²) in [6.07, 6.45) is 10.0. The third-order valence-corrected chi connectivity index (χ3v) is 4.35. The molecule has 1 atom stereocenters. The maximum Gasteiger partial charge on any atom is 0.0226 e. The maximum absolute atomic E-state index is 5.80. The first-order chi connectivity index (χ1) is 7.38. The second-order valence-electron chi connectivity index (χ2n) is 5.40. The topological polar surface area (TPSA) is 3.24 Å². The second kappa shape index (κ2) is 6.10. The van der Waals surface area contributed by atoms with Crippen molar-refractivity contribution in [1.29, 1.82) is 0 Å². The molecule has 0 N–H and O–H groups in total. The van der Waals surface area contributed by atoms with Gasteiger partial charge in [-0.1, -0.05) is 19.3 Å². The van der Waals surface area contributed by atoms with Crippen LogP contribution in [0.25, 0.3) is 0 Å². The molecule has 1 aliphatic heterocycles. The van der Waals surface area contributed by atoms with Crippen molar-refractivity contribution in [3.05, 3.63) is 0 Å². The first kappa shape index (κ1) is 11.7. The molecule has 0 amide bonds. The van der Waals surface area contributed by atoms with Gasteiger partial charge in [0.25, 0.3) is 0 Å². The molecular weight excluding hydrogens is 206 g/mol. The maximum atomic E-state index is 5.80. The van der Waals surface area contributed by atoms with Crippen molar-refractivity contribution in [1.82, 2.24) is 4.90 Å². The molecule has 2 heteroatoms. The van der Waals surface area contributed by atoms with Crippen molar-refractivity contribution in [2.24, 2.45) is 11.8 Å². The van der Waals surface area contributed by atoms with Gasteiger partial charge in [-0.05, 0) is 44.1 Å². The summed E-state index contributed by atoms with van der Waals surface area (Å²) in [5.74, 6) is 2.75. The molecule has 1 aliphatic carbocycles. The fourth-order valence-electron chi connectivity index (χ4n) is 3.20. The zero-order chi connectivity index (χ0) is 10.5. The van der Waals surface area contributed by atoms with Crippen LogP contribution in [-0.2, 0) is 0 Å². The smallest absolute Gasteiger partial charge is 0.0226 e. The van der Waals surface area contributed by atoms with Gasteiger partial charge in [0.15, 0.2) is 0 Å². The molecule has 1 saturated carbocycles. The summed E-state index contributed by atoms with van der Waals surface area (Å²) in [7, 11) is 0. The molecule has 1 saturated heterocycles. The Hall–Kier alpha value is 0.250. The molecule has 15 heavy (non-hydrogen) atoms. The van der Waals surface area contributed by atoms with E-state index in [1.807, 2.05) is 0 Å². The molecule has 0 aromatic carbocycles. The van der Waals surface area contributed by atoms with Gasteiger partial charge in [-0.25, -0.2) is 0 Å². The van der Waals surface area contributed by atoms with Crippen LogP contribution in [0.1, 0.15) is 44.9 Å². The minimum absolute atomic E-state index is 0.849. The average molecular weight is 230 g/mol. The molecule has 1 nitrogen and oxygen atoms in total. The Morgan fingerprint density at radius 2 is 1.80 bits per heavy atom. The van der Waals surface area contributed by atoms with Gasteiger partial charge < -0.3 is 4.90 Å². The van der Waals surface area contributed by atoms with Crippen LogP contribution < -0.4 is 0 Å². The predicted molar refractivity (Wildman–Crippen MR) is 66.5 cm³/mol. The lowest BCUT2D eigenvalue weighted by Gasteiger charge is -2.26. The Labute approximate surface area is 99.2 Å². The molecule has 1 unspecified atom stereocenters. The van der Waals surface area contributed by atoms with Crippen molar-refractivity contribution < 1.29 is 0 Å². The number of alkyl halides is 1. The van der Waals surface area contributed by atoms with Crippen molar-refractivity contribution in [2.75, 3.05) is 25.5 Å². The number of nitrogens with zero attached hydrogens (tertiary/aromatic N) is 1. The normalized spacial score (nSPS) is 29.8. The van der Waals surface area contributed by atoms with Crippen LogP contribution >= 0.6 is 11.6 Å². The summed E-state index contributed by atoms with van der Waals surface area (Å²) < 4.78 is 0. The molecule has 2 fully saturated rings. The van der Waals surface area contributed by atoms with E-state index >= 15 is 0 Å². The fourth-order valence-corrected chi connectivity index (χ4v) is 3.51. The highest BCUT2D eigenvalue weighted by Gasteiger charge is 2.24. The third kappa shape index (κ3) is 3.64. The van der Waals surface area contributed by atoms with Crippen LogP contribution in [0, 0.1) is 11.8 Å². The Morgan fingerprint density at radius 1 is 1.00 bits per heavy atom. The van der Waals surface area contributed by atoms with Crippen LogP contribution in [0.3, 0.4) is 0 Å². The quantitative estimate of drug-likeness (QED) is 0.667. The minimum atomic E-state index is 0.849. The van der Waals surface area contributed by atoms with Crippen LogP contribution in [0.5, 0.6) is 0 Å². The number of halogens is 1. The van der Waals surface area contributed by atoms with Gasteiger partial charge in [0, 0.05) is 19.0 Å². The van der Waals surface area contributed by atoms with Crippen LogP contribution in [0.4, 0.5) is 0 Å². The molecule has 0 radical (unpaired) electrons. The molecular formula is C13H24ClN. The van der Waals surface area contributed by atoms with Gasteiger partial charge >= 0.3 is 0 Å². The highest BCUT2D eigenvalue weighted by Crippen LogP contribution is 2.27. The second-order valence-corrected chi connectivity index (χ2v) is 5.77. The monoisotopic (exact) mass is 229 g/mol. The van der Waals surface area contributed by atoms with Gasteiger partial charge in [0.1, 0.15) is 0 Å². The summed E-state index contributed by atoms with van der Waals surface area (Å²) in [5, 5.41) is 0. The Morgan fingerprint density at radius 3 is 2.53 bits per heavy atom. The SMILES string of the molecule is ClCCC1CCN(CC2CCCCC2)C1. The Kier molecular flexibility index (Phi) is 4.77. The highest BCUT2D eigenvalue weighted by molar-refractivity contribution is 6.17. The van der Waals surface area contributed by atoms with Gasteiger partial charge in [-0.15, -0.1) is 11.6 Å². The van der Waals surface area contributed by atoms with Gasteiger partial charge in [0.05, 0.1) is 0 Å². The third-order valence-electron chi connectivity index (χ3n) is 4.13. The summed E-state index contributed by atoms with van der Waals surface area (Å²) in [6.45, 7) is 4.03. The van der Waals surface area contributed by atoms with E-state index in [1.165, 1.54) is 64.6 Å². The van der Waals surface area contributed by atoms with E-state index in [9.17, 15) is 0 Å². The summed E-state index contributed by atoms with van der Waals surface area (Å²) in [5.41, 5.74) is 0. The Bertz CT molecular complexity index is 177. The molecule has 2 rings (SSSR count). The van der Waals surface area contributed by atoms with E-state index in [2.05, 4.69) is 4.90 Å². The Balaban J connectivity index is 1.67. The molecule has 88 valence electrons. The van der Waals surface area contributed by atoms with E-state index in [-0.39, 0.29) is 0 Å².